The maximum Gasteiger partial charge on any atom is 0.130 e. The minimum atomic E-state index is -0.411. The second-order valence-corrected chi connectivity index (χ2v) is 8.50. The van der Waals surface area contributed by atoms with Crippen LogP contribution in [0.15, 0.2) is 78.9 Å². The Kier molecular flexibility index (Phi) is 5.92. The number of ether oxygens (including phenoxy) is 1. The fourth-order valence-corrected chi connectivity index (χ4v) is 3.96. The molecule has 1 aromatic heterocycles. The first-order valence-corrected chi connectivity index (χ1v) is 10.6. The molecule has 3 aromatic carbocycles. The summed E-state index contributed by atoms with van der Waals surface area (Å²) >= 11 is 0. The number of pyridine rings is 1. The van der Waals surface area contributed by atoms with E-state index in [-0.39, 0.29) is 0 Å². The highest BCUT2D eigenvalue weighted by atomic mass is 16.5. The normalized spacial score (nSPS) is 11.5. The molecule has 0 saturated heterocycles. The summed E-state index contributed by atoms with van der Waals surface area (Å²) in [6.45, 7) is 7.30. The Bertz CT molecular complexity index is 1190. The van der Waals surface area contributed by atoms with Crippen LogP contribution in [0.25, 0.3) is 10.9 Å². The number of nitrogens with one attached hydrogen (secondary N) is 1. The van der Waals surface area contributed by atoms with Crippen molar-refractivity contribution in [2.75, 3.05) is 5.32 Å². The molecule has 1 heterocycles. The molecule has 0 aliphatic rings. The number of para-hydroxylation sites is 1. The molecule has 0 amide bonds. The van der Waals surface area contributed by atoms with Crippen LogP contribution in [0.4, 0.5) is 5.69 Å². The van der Waals surface area contributed by atoms with Gasteiger partial charge in [0.25, 0.3) is 0 Å². The predicted octanol–water partition coefficient (Wildman–Crippen LogP) is 5.93. The molecule has 0 unspecified atom stereocenters. The second-order valence-electron chi connectivity index (χ2n) is 8.50. The predicted molar refractivity (Wildman–Crippen MR) is 128 cm³/mol. The second kappa shape index (κ2) is 8.78. The van der Waals surface area contributed by atoms with Crippen LogP contribution in [0.1, 0.15) is 36.2 Å². The van der Waals surface area contributed by atoms with E-state index in [9.17, 15) is 0 Å². The summed E-state index contributed by atoms with van der Waals surface area (Å²) in [6.07, 6.45) is 0. The van der Waals surface area contributed by atoms with Crippen LogP contribution in [0.2, 0.25) is 0 Å². The van der Waals surface area contributed by atoms with Crippen LogP contribution in [0.5, 0.6) is 5.75 Å². The molecule has 0 bridgehead atoms. The number of fused-ring (bicyclic) bond motifs is 1. The van der Waals surface area contributed by atoms with Gasteiger partial charge in [-0.3, -0.25) is 0 Å². The number of aromatic nitrogens is 1. The van der Waals surface area contributed by atoms with Crippen LogP contribution < -0.4 is 15.8 Å². The summed E-state index contributed by atoms with van der Waals surface area (Å²) < 4.78 is 6.02. The molecule has 0 atom stereocenters. The lowest BCUT2D eigenvalue weighted by Crippen LogP contribution is -2.30. The number of nitrogens with zero attached hydrogens (tertiary/aromatic N) is 1. The number of benzene rings is 3. The average Bonchev–Trinajstić information content (AvgIpc) is 2.75. The van der Waals surface area contributed by atoms with Gasteiger partial charge >= 0.3 is 0 Å². The van der Waals surface area contributed by atoms with E-state index in [4.69, 9.17) is 10.5 Å². The Morgan fingerprint density at radius 2 is 1.74 bits per heavy atom. The topological polar surface area (TPSA) is 60.2 Å². The minimum Gasteiger partial charge on any atom is -0.487 e. The van der Waals surface area contributed by atoms with Crippen LogP contribution in [-0.4, -0.2) is 4.98 Å². The van der Waals surface area contributed by atoms with Crippen molar-refractivity contribution in [2.45, 2.75) is 39.5 Å². The molecule has 4 aromatic rings. The van der Waals surface area contributed by atoms with Crippen LogP contribution in [0, 0.1) is 6.92 Å². The summed E-state index contributed by atoms with van der Waals surface area (Å²) in [5.74, 6) is 0.831. The summed E-state index contributed by atoms with van der Waals surface area (Å²) in [5, 5.41) is 4.68. The Morgan fingerprint density at radius 1 is 0.935 bits per heavy atom. The summed E-state index contributed by atoms with van der Waals surface area (Å²) in [7, 11) is 0. The molecule has 0 radical (unpaired) electrons. The monoisotopic (exact) mass is 411 g/mol. The van der Waals surface area contributed by atoms with E-state index < -0.39 is 5.54 Å². The summed E-state index contributed by atoms with van der Waals surface area (Å²) in [4.78, 5) is 4.68. The highest BCUT2D eigenvalue weighted by Crippen LogP contribution is 2.29. The van der Waals surface area contributed by atoms with Crippen molar-refractivity contribution in [3.8, 4) is 5.75 Å². The van der Waals surface area contributed by atoms with Gasteiger partial charge in [-0.1, -0.05) is 48.5 Å². The van der Waals surface area contributed by atoms with Crippen molar-refractivity contribution in [1.29, 1.82) is 0 Å². The van der Waals surface area contributed by atoms with E-state index >= 15 is 0 Å². The maximum atomic E-state index is 6.42. The van der Waals surface area contributed by atoms with Crippen LogP contribution >= 0.6 is 0 Å². The molecule has 4 heteroatoms. The van der Waals surface area contributed by atoms with Gasteiger partial charge in [-0.25, -0.2) is 4.98 Å². The highest BCUT2D eigenvalue weighted by molar-refractivity contribution is 5.78. The van der Waals surface area contributed by atoms with Crippen molar-refractivity contribution < 1.29 is 4.74 Å². The van der Waals surface area contributed by atoms with E-state index in [1.165, 1.54) is 5.56 Å². The van der Waals surface area contributed by atoms with E-state index in [1.807, 2.05) is 50.2 Å². The van der Waals surface area contributed by atoms with E-state index in [0.29, 0.717) is 13.2 Å². The molecule has 0 aliphatic heterocycles. The quantitative estimate of drug-likeness (QED) is 0.396. The van der Waals surface area contributed by atoms with E-state index in [2.05, 4.69) is 59.7 Å². The molecular weight excluding hydrogens is 382 g/mol. The molecule has 4 rings (SSSR count). The fourth-order valence-electron chi connectivity index (χ4n) is 3.96. The third kappa shape index (κ3) is 5.04. The first-order chi connectivity index (χ1) is 14.9. The lowest BCUT2D eigenvalue weighted by Gasteiger charge is -2.26. The van der Waals surface area contributed by atoms with Crippen molar-refractivity contribution in [1.82, 2.24) is 4.98 Å². The molecule has 3 N–H and O–H groups in total. The van der Waals surface area contributed by atoms with Gasteiger partial charge in [0.1, 0.15) is 12.4 Å². The lowest BCUT2D eigenvalue weighted by molar-refractivity contribution is 0.301. The third-order valence-electron chi connectivity index (χ3n) is 5.34. The molecule has 0 saturated carbocycles. The number of hydrogen-bond donors (Lipinski definition) is 2. The standard InChI is InChI=1S/C27H29N3O/c1-19-8-6-13-25(26(19)27(2,3)28)29-17-20-9-7-11-23(16-20)31-18-22-15-14-21-10-4-5-12-24(21)30-22/h4-16,29H,17-18,28H2,1-3H3. The first kappa shape index (κ1) is 20.9. The zero-order valence-electron chi connectivity index (χ0n) is 18.4. The van der Waals surface area contributed by atoms with Gasteiger partial charge in [-0.05, 0) is 67.8 Å². The number of aryl methyl sites for hydroxylation is 1. The number of anilines is 1. The van der Waals surface area contributed by atoms with Crippen molar-refractivity contribution in [2.24, 2.45) is 5.73 Å². The molecule has 0 spiro atoms. The number of rotatable bonds is 7. The minimum absolute atomic E-state index is 0.411. The molecule has 0 aliphatic carbocycles. The molecular formula is C27H29N3O. The SMILES string of the molecule is Cc1cccc(NCc2cccc(OCc3ccc4ccccc4n3)c2)c1C(C)(C)N. The third-order valence-corrected chi connectivity index (χ3v) is 5.34. The summed E-state index contributed by atoms with van der Waals surface area (Å²) in [5.41, 5.74) is 12.5. The van der Waals surface area contributed by atoms with Crippen molar-refractivity contribution in [3.05, 3.63) is 101 Å². The van der Waals surface area contributed by atoms with Gasteiger partial charge in [-0.2, -0.15) is 0 Å². The number of nitrogens with two attached hydrogens (primary N) is 1. The average molecular weight is 412 g/mol. The van der Waals surface area contributed by atoms with Crippen molar-refractivity contribution >= 4 is 16.6 Å². The van der Waals surface area contributed by atoms with Crippen LogP contribution in [-0.2, 0) is 18.7 Å². The zero-order valence-corrected chi connectivity index (χ0v) is 18.4. The van der Waals surface area contributed by atoms with Gasteiger partial charge < -0.3 is 15.8 Å². The molecule has 31 heavy (non-hydrogen) atoms. The Balaban J connectivity index is 1.44. The largest absolute Gasteiger partial charge is 0.487 e. The summed E-state index contributed by atoms with van der Waals surface area (Å²) in [6, 6.07) is 26.6. The zero-order chi connectivity index (χ0) is 21.8. The maximum absolute atomic E-state index is 6.42. The van der Waals surface area contributed by atoms with Gasteiger partial charge in [0.05, 0.1) is 11.2 Å². The van der Waals surface area contributed by atoms with Gasteiger partial charge in [0, 0.05) is 23.2 Å². The Hall–Kier alpha value is -3.37. The van der Waals surface area contributed by atoms with Crippen LogP contribution in [0.3, 0.4) is 0 Å². The molecule has 158 valence electrons. The lowest BCUT2D eigenvalue weighted by atomic mass is 9.90. The first-order valence-electron chi connectivity index (χ1n) is 10.6. The Morgan fingerprint density at radius 3 is 2.58 bits per heavy atom. The van der Waals surface area contributed by atoms with Gasteiger partial charge in [0.2, 0.25) is 0 Å². The van der Waals surface area contributed by atoms with Gasteiger partial charge in [-0.15, -0.1) is 0 Å². The van der Waals surface area contributed by atoms with E-state index in [0.717, 1.165) is 39.2 Å². The van der Waals surface area contributed by atoms with Gasteiger partial charge in [0.15, 0.2) is 0 Å². The highest BCUT2D eigenvalue weighted by Gasteiger charge is 2.20. The van der Waals surface area contributed by atoms with Crippen molar-refractivity contribution in [3.63, 3.8) is 0 Å². The van der Waals surface area contributed by atoms with E-state index in [1.54, 1.807) is 0 Å². The smallest absolute Gasteiger partial charge is 0.130 e. The molecule has 4 nitrogen and oxygen atoms in total. The fraction of sp³-hybridized carbons (Fsp3) is 0.222. The molecule has 0 fully saturated rings. The Labute approximate surface area is 184 Å². The number of hydrogen-bond acceptors (Lipinski definition) is 4.